The molecule has 1 aliphatic rings. The van der Waals surface area contributed by atoms with Gasteiger partial charge in [0.25, 0.3) is 5.91 Å². The first kappa shape index (κ1) is 14.9. The van der Waals surface area contributed by atoms with Crippen LogP contribution in [0.25, 0.3) is 0 Å². The zero-order chi connectivity index (χ0) is 15.5. The van der Waals surface area contributed by atoms with Crippen LogP contribution in [0.5, 0.6) is 0 Å². The van der Waals surface area contributed by atoms with Gasteiger partial charge in [-0.2, -0.15) is 0 Å². The highest BCUT2D eigenvalue weighted by atomic mass is 32.2. The molecule has 2 heterocycles. The predicted octanol–water partition coefficient (Wildman–Crippen LogP) is 3.59. The Balaban J connectivity index is 1.91. The molecule has 0 saturated carbocycles. The molecule has 1 fully saturated rings. The molecule has 22 heavy (non-hydrogen) atoms. The van der Waals surface area contributed by atoms with Gasteiger partial charge in [-0.15, -0.1) is 11.8 Å². The van der Waals surface area contributed by atoms with Crippen LogP contribution in [0, 0.1) is 13.8 Å². The molecule has 1 aromatic carbocycles. The van der Waals surface area contributed by atoms with Crippen LogP contribution in [0.1, 0.15) is 21.5 Å². The van der Waals surface area contributed by atoms with Crippen LogP contribution in [0.3, 0.4) is 0 Å². The zero-order valence-electron chi connectivity index (χ0n) is 12.8. The average molecular weight is 313 g/mol. The van der Waals surface area contributed by atoms with Gasteiger partial charge in [0.2, 0.25) is 0 Å². The normalized spacial score (nSPS) is 14.2. The topological polar surface area (TPSA) is 45.2 Å². The number of hydrogen-bond donors (Lipinski definition) is 1. The fourth-order valence-electron chi connectivity index (χ4n) is 2.44. The van der Waals surface area contributed by atoms with Crippen molar-refractivity contribution in [1.29, 1.82) is 0 Å². The van der Waals surface area contributed by atoms with Gasteiger partial charge in [-0.1, -0.05) is 12.1 Å². The minimum absolute atomic E-state index is 0.0471. The number of amides is 1. The van der Waals surface area contributed by atoms with Gasteiger partial charge in [-0.3, -0.25) is 4.79 Å². The lowest BCUT2D eigenvalue weighted by Gasteiger charge is -2.18. The van der Waals surface area contributed by atoms with Crippen molar-refractivity contribution in [2.24, 2.45) is 0 Å². The first-order valence-corrected chi connectivity index (χ1v) is 8.47. The minimum atomic E-state index is 0.0471. The lowest BCUT2D eigenvalue weighted by Crippen LogP contribution is -2.28. The Morgan fingerprint density at radius 3 is 2.91 bits per heavy atom. The standard InChI is InChI=1S/C17H19N3OS/c1-12-5-3-7-15(13(12)2)19-16-14(6-4-8-18-16)17(21)20-9-10-22-11-20/h3-8H,9-11H2,1-2H3,(H,18,19). The van der Waals surface area contributed by atoms with Crippen molar-refractivity contribution in [1.82, 2.24) is 9.88 Å². The molecule has 0 atom stereocenters. The van der Waals surface area contributed by atoms with Gasteiger partial charge >= 0.3 is 0 Å². The monoisotopic (exact) mass is 313 g/mol. The summed E-state index contributed by atoms with van der Waals surface area (Å²) in [6.07, 6.45) is 1.71. The largest absolute Gasteiger partial charge is 0.339 e. The number of thioether (sulfide) groups is 1. The lowest BCUT2D eigenvalue weighted by molar-refractivity contribution is 0.0803. The summed E-state index contributed by atoms with van der Waals surface area (Å²) in [6.45, 7) is 4.95. The Morgan fingerprint density at radius 1 is 1.27 bits per heavy atom. The molecular formula is C17H19N3OS. The maximum atomic E-state index is 12.6. The maximum Gasteiger partial charge on any atom is 0.258 e. The molecule has 0 radical (unpaired) electrons. The van der Waals surface area contributed by atoms with Crippen molar-refractivity contribution in [2.45, 2.75) is 13.8 Å². The number of pyridine rings is 1. The molecule has 1 aromatic heterocycles. The van der Waals surface area contributed by atoms with Gasteiger partial charge in [0, 0.05) is 24.2 Å². The zero-order valence-corrected chi connectivity index (χ0v) is 13.6. The number of rotatable bonds is 3. The summed E-state index contributed by atoms with van der Waals surface area (Å²) in [5.41, 5.74) is 4.00. The van der Waals surface area contributed by atoms with E-state index in [1.807, 2.05) is 29.2 Å². The highest BCUT2D eigenvalue weighted by Crippen LogP contribution is 2.25. The highest BCUT2D eigenvalue weighted by Gasteiger charge is 2.22. The van der Waals surface area contributed by atoms with Crippen molar-refractivity contribution in [3.8, 4) is 0 Å². The molecule has 0 aliphatic carbocycles. The fraction of sp³-hybridized carbons (Fsp3) is 0.294. The SMILES string of the molecule is Cc1cccc(Nc2ncccc2C(=O)N2CCSC2)c1C. The van der Waals surface area contributed by atoms with E-state index in [4.69, 9.17) is 0 Å². The van der Waals surface area contributed by atoms with E-state index in [9.17, 15) is 4.79 Å². The third-order valence-corrected chi connectivity index (χ3v) is 4.90. The summed E-state index contributed by atoms with van der Waals surface area (Å²) in [4.78, 5) is 18.9. The number of benzene rings is 1. The highest BCUT2D eigenvalue weighted by molar-refractivity contribution is 7.99. The van der Waals surface area contributed by atoms with E-state index in [2.05, 4.69) is 30.2 Å². The van der Waals surface area contributed by atoms with E-state index < -0.39 is 0 Å². The van der Waals surface area contributed by atoms with Gasteiger partial charge in [0.1, 0.15) is 5.82 Å². The molecule has 1 aliphatic heterocycles. The first-order chi connectivity index (χ1) is 10.7. The summed E-state index contributed by atoms with van der Waals surface area (Å²) in [7, 11) is 0. The van der Waals surface area contributed by atoms with Crippen LogP contribution in [-0.2, 0) is 0 Å². The second-order valence-corrected chi connectivity index (χ2v) is 6.45. The van der Waals surface area contributed by atoms with Gasteiger partial charge in [-0.05, 0) is 43.2 Å². The van der Waals surface area contributed by atoms with Crippen LogP contribution in [-0.4, -0.2) is 34.0 Å². The smallest absolute Gasteiger partial charge is 0.258 e. The average Bonchev–Trinajstić information content (AvgIpc) is 3.06. The number of nitrogens with zero attached hydrogens (tertiary/aromatic N) is 2. The second kappa shape index (κ2) is 6.40. The molecule has 114 valence electrons. The van der Waals surface area contributed by atoms with E-state index in [0.717, 1.165) is 23.9 Å². The summed E-state index contributed by atoms with van der Waals surface area (Å²) in [5, 5.41) is 3.32. The third kappa shape index (κ3) is 2.95. The number of aryl methyl sites for hydroxylation is 1. The van der Waals surface area contributed by atoms with E-state index >= 15 is 0 Å². The maximum absolute atomic E-state index is 12.6. The van der Waals surface area contributed by atoms with Gasteiger partial charge in [0.15, 0.2) is 0 Å². The molecule has 1 saturated heterocycles. The number of hydrogen-bond acceptors (Lipinski definition) is 4. The van der Waals surface area contributed by atoms with Crippen molar-refractivity contribution in [2.75, 3.05) is 23.5 Å². The van der Waals surface area contributed by atoms with Crippen molar-refractivity contribution >= 4 is 29.2 Å². The molecule has 0 unspecified atom stereocenters. The van der Waals surface area contributed by atoms with E-state index in [0.29, 0.717) is 11.4 Å². The van der Waals surface area contributed by atoms with Crippen LogP contribution in [0.15, 0.2) is 36.5 Å². The molecule has 0 spiro atoms. The van der Waals surface area contributed by atoms with Crippen molar-refractivity contribution in [3.63, 3.8) is 0 Å². The molecular weight excluding hydrogens is 294 g/mol. The number of carbonyl (C=O) groups is 1. The predicted molar refractivity (Wildman–Crippen MR) is 91.8 cm³/mol. The Hall–Kier alpha value is -2.01. The molecule has 3 rings (SSSR count). The van der Waals surface area contributed by atoms with Crippen LogP contribution in [0.4, 0.5) is 11.5 Å². The third-order valence-electron chi connectivity index (χ3n) is 3.94. The summed E-state index contributed by atoms with van der Waals surface area (Å²) >= 11 is 1.78. The second-order valence-electron chi connectivity index (χ2n) is 5.38. The van der Waals surface area contributed by atoms with Gasteiger partial charge in [-0.25, -0.2) is 4.98 Å². The summed E-state index contributed by atoms with van der Waals surface area (Å²) in [5.74, 6) is 2.44. The van der Waals surface area contributed by atoms with E-state index in [-0.39, 0.29) is 5.91 Å². The molecule has 1 N–H and O–H groups in total. The Kier molecular flexibility index (Phi) is 4.34. The van der Waals surface area contributed by atoms with Gasteiger partial charge < -0.3 is 10.2 Å². The number of anilines is 2. The number of carbonyl (C=O) groups excluding carboxylic acids is 1. The van der Waals surface area contributed by atoms with Crippen LogP contribution >= 0.6 is 11.8 Å². The fourth-order valence-corrected chi connectivity index (χ4v) is 3.38. The Bertz CT molecular complexity index is 696. The van der Waals surface area contributed by atoms with Crippen LogP contribution < -0.4 is 5.32 Å². The first-order valence-electron chi connectivity index (χ1n) is 7.32. The van der Waals surface area contributed by atoms with E-state index in [1.165, 1.54) is 11.1 Å². The molecule has 2 aromatic rings. The van der Waals surface area contributed by atoms with Gasteiger partial charge in [0.05, 0.1) is 11.4 Å². The summed E-state index contributed by atoms with van der Waals surface area (Å²) < 4.78 is 0. The molecule has 5 heteroatoms. The minimum Gasteiger partial charge on any atom is -0.339 e. The summed E-state index contributed by atoms with van der Waals surface area (Å²) in [6, 6.07) is 9.74. The number of aromatic nitrogens is 1. The molecule has 4 nitrogen and oxygen atoms in total. The molecule has 0 bridgehead atoms. The Morgan fingerprint density at radius 2 is 2.14 bits per heavy atom. The lowest BCUT2D eigenvalue weighted by atomic mass is 10.1. The number of nitrogens with one attached hydrogen (secondary N) is 1. The van der Waals surface area contributed by atoms with Crippen LogP contribution in [0.2, 0.25) is 0 Å². The quantitative estimate of drug-likeness (QED) is 0.940. The van der Waals surface area contributed by atoms with Crippen molar-refractivity contribution in [3.05, 3.63) is 53.2 Å². The molecule has 1 amide bonds. The van der Waals surface area contributed by atoms with Crippen molar-refractivity contribution < 1.29 is 4.79 Å². The van der Waals surface area contributed by atoms with E-state index in [1.54, 1.807) is 18.0 Å². The Labute approximate surface area is 134 Å².